The molecule has 4 nitrogen and oxygen atoms in total. The number of amides is 1. The summed E-state index contributed by atoms with van der Waals surface area (Å²) in [6.07, 6.45) is 2.16. The van der Waals surface area contributed by atoms with Gasteiger partial charge in [0.2, 0.25) is 5.91 Å². The Morgan fingerprint density at radius 3 is 2.53 bits per heavy atom. The monoisotopic (exact) mass is 257 g/mol. The van der Waals surface area contributed by atoms with Gasteiger partial charge >= 0.3 is 0 Å². The summed E-state index contributed by atoms with van der Waals surface area (Å²) in [5, 5.41) is 8.66. The van der Waals surface area contributed by atoms with Crippen LogP contribution in [0.1, 0.15) is 31.7 Å². The van der Waals surface area contributed by atoms with Gasteiger partial charge in [0.15, 0.2) is 0 Å². The SMILES string of the molecule is CCN(CCC#N)C(=O)C1(c2ccc(N)cc2)CC1. The summed E-state index contributed by atoms with van der Waals surface area (Å²) < 4.78 is 0. The van der Waals surface area contributed by atoms with Crippen molar-refractivity contribution >= 4 is 11.6 Å². The van der Waals surface area contributed by atoms with Gasteiger partial charge in [0.1, 0.15) is 0 Å². The van der Waals surface area contributed by atoms with Crippen LogP contribution in [0.15, 0.2) is 24.3 Å². The van der Waals surface area contributed by atoms with Gasteiger partial charge in [-0.25, -0.2) is 0 Å². The second-order valence-electron chi connectivity index (χ2n) is 5.00. The van der Waals surface area contributed by atoms with Gasteiger partial charge < -0.3 is 10.6 Å². The molecule has 2 N–H and O–H groups in total. The van der Waals surface area contributed by atoms with Gasteiger partial charge in [-0.05, 0) is 37.5 Å². The van der Waals surface area contributed by atoms with Gasteiger partial charge in [-0.2, -0.15) is 5.26 Å². The molecular weight excluding hydrogens is 238 g/mol. The molecule has 0 saturated heterocycles. The molecule has 0 aliphatic heterocycles. The smallest absolute Gasteiger partial charge is 0.233 e. The maximum absolute atomic E-state index is 12.6. The molecule has 0 unspecified atom stereocenters. The van der Waals surface area contributed by atoms with Crippen LogP contribution in [0.4, 0.5) is 5.69 Å². The Kier molecular flexibility index (Phi) is 3.75. The van der Waals surface area contributed by atoms with Crippen LogP contribution in [-0.2, 0) is 10.2 Å². The van der Waals surface area contributed by atoms with E-state index in [0.717, 1.165) is 18.4 Å². The topological polar surface area (TPSA) is 70.1 Å². The average molecular weight is 257 g/mol. The minimum Gasteiger partial charge on any atom is -0.399 e. The maximum Gasteiger partial charge on any atom is 0.233 e. The highest BCUT2D eigenvalue weighted by Crippen LogP contribution is 2.49. The lowest BCUT2D eigenvalue weighted by molar-refractivity contribution is -0.133. The minimum atomic E-state index is -0.362. The van der Waals surface area contributed by atoms with Crippen molar-refractivity contribution in [3.05, 3.63) is 29.8 Å². The number of benzene rings is 1. The van der Waals surface area contributed by atoms with Crippen molar-refractivity contribution < 1.29 is 4.79 Å². The molecule has 0 atom stereocenters. The number of carbonyl (C=O) groups excluding carboxylic acids is 1. The number of anilines is 1. The van der Waals surface area contributed by atoms with Crippen LogP contribution in [-0.4, -0.2) is 23.9 Å². The van der Waals surface area contributed by atoms with Crippen LogP contribution in [0.5, 0.6) is 0 Å². The average Bonchev–Trinajstić information content (AvgIpc) is 3.22. The summed E-state index contributed by atoms with van der Waals surface area (Å²) in [7, 11) is 0. The third kappa shape index (κ3) is 2.55. The first-order valence-corrected chi connectivity index (χ1v) is 6.66. The normalized spacial score (nSPS) is 15.6. The molecule has 1 fully saturated rings. The minimum absolute atomic E-state index is 0.148. The highest BCUT2D eigenvalue weighted by molar-refractivity contribution is 5.91. The fourth-order valence-electron chi connectivity index (χ4n) is 2.44. The molecule has 2 rings (SSSR count). The number of hydrogen-bond donors (Lipinski definition) is 1. The summed E-state index contributed by atoms with van der Waals surface area (Å²) in [5.41, 5.74) is 7.08. The predicted octanol–water partition coefficient (Wildman–Crippen LogP) is 2.06. The Hall–Kier alpha value is -2.02. The molecule has 100 valence electrons. The fourth-order valence-corrected chi connectivity index (χ4v) is 2.44. The van der Waals surface area contributed by atoms with E-state index in [2.05, 4.69) is 6.07 Å². The summed E-state index contributed by atoms with van der Waals surface area (Å²) in [4.78, 5) is 14.4. The largest absolute Gasteiger partial charge is 0.399 e. The van der Waals surface area contributed by atoms with E-state index in [4.69, 9.17) is 11.0 Å². The highest BCUT2D eigenvalue weighted by atomic mass is 16.2. The van der Waals surface area contributed by atoms with Gasteiger partial charge in [0, 0.05) is 18.8 Å². The molecule has 1 amide bonds. The van der Waals surface area contributed by atoms with Gasteiger partial charge in [-0.15, -0.1) is 0 Å². The molecule has 0 bridgehead atoms. The molecule has 1 aromatic rings. The van der Waals surface area contributed by atoms with Crippen LogP contribution in [0.3, 0.4) is 0 Å². The number of likely N-dealkylation sites (N-methyl/N-ethyl adjacent to an activating group) is 1. The Bertz CT molecular complexity index is 497. The zero-order valence-corrected chi connectivity index (χ0v) is 11.2. The quantitative estimate of drug-likeness (QED) is 0.821. The number of nitriles is 1. The zero-order chi connectivity index (χ0) is 13.9. The Morgan fingerprint density at radius 1 is 1.42 bits per heavy atom. The molecule has 1 aromatic carbocycles. The fraction of sp³-hybridized carbons (Fsp3) is 0.467. The van der Waals surface area contributed by atoms with Crippen LogP contribution < -0.4 is 5.73 Å². The van der Waals surface area contributed by atoms with Crippen molar-refractivity contribution in [2.24, 2.45) is 0 Å². The Labute approximate surface area is 113 Å². The molecule has 0 heterocycles. The van der Waals surface area contributed by atoms with Crippen molar-refractivity contribution in [3.8, 4) is 6.07 Å². The molecule has 19 heavy (non-hydrogen) atoms. The van der Waals surface area contributed by atoms with Crippen LogP contribution >= 0.6 is 0 Å². The van der Waals surface area contributed by atoms with Crippen LogP contribution in [0.2, 0.25) is 0 Å². The number of hydrogen-bond acceptors (Lipinski definition) is 3. The van der Waals surface area contributed by atoms with Gasteiger partial charge in [0.05, 0.1) is 17.9 Å². The van der Waals surface area contributed by atoms with Crippen molar-refractivity contribution in [1.29, 1.82) is 5.26 Å². The maximum atomic E-state index is 12.6. The number of nitrogens with zero attached hydrogens (tertiary/aromatic N) is 2. The number of nitrogens with two attached hydrogens (primary N) is 1. The Balaban J connectivity index is 2.17. The van der Waals surface area contributed by atoms with E-state index in [1.165, 1.54) is 0 Å². The van der Waals surface area contributed by atoms with E-state index in [-0.39, 0.29) is 11.3 Å². The van der Waals surface area contributed by atoms with Crippen molar-refractivity contribution in [2.45, 2.75) is 31.6 Å². The molecule has 1 saturated carbocycles. The summed E-state index contributed by atoms with van der Waals surface area (Å²) in [6, 6.07) is 9.66. The van der Waals surface area contributed by atoms with E-state index >= 15 is 0 Å². The zero-order valence-electron chi connectivity index (χ0n) is 11.2. The summed E-state index contributed by atoms with van der Waals surface area (Å²) in [5.74, 6) is 0.148. The van der Waals surface area contributed by atoms with Gasteiger partial charge in [-0.3, -0.25) is 4.79 Å². The molecule has 1 aliphatic rings. The second kappa shape index (κ2) is 5.31. The van der Waals surface area contributed by atoms with E-state index in [1.54, 1.807) is 4.90 Å². The van der Waals surface area contributed by atoms with E-state index in [1.807, 2.05) is 31.2 Å². The molecule has 0 spiro atoms. The molecule has 4 heteroatoms. The third-order valence-corrected chi connectivity index (χ3v) is 3.79. The predicted molar refractivity (Wildman–Crippen MR) is 74.3 cm³/mol. The number of nitrogen functional groups attached to an aromatic ring is 1. The van der Waals surface area contributed by atoms with E-state index in [9.17, 15) is 4.79 Å². The van der Waals surface area contributed by atoms with Crippen molar-refractivity contribution in [1.82, 2.24) is 4.90 Å². The van der Waals surface area contributed by atoms with Crippen LogP contribution in [0.25, 0.3) is 0 Å². The van der Waals surface area contributed by atoms with Gasteiger partial charge in [-0.1, -0.05) is 12.1 Å². The molecular formula is C15H19N3O. The first kappa shape index (κ1) is 13.4. The van der Waals surface area contributed by atoms with Gasteiger partial charge in [0.25, 0.3) is 0 Å². The van der Waals surface area contributed by atoms with E-state index in [0.29, 0.717) is 25.2 Å². The first-order chi connectivity index (χ1) is 9.14. The lowest BCUT2D eigenvalue weighted by Gasteiger charge is -2.25. The molecule has 0 aromatic heterocycles. The van der Waals surface area contributed by atoms with Crippen LogP contribution in [0, 0.1) is 11.3 Å². The second-order valence-corrected chi connectivity index (χ2v) is 5.00. The molecule has 0 radical (unpaired) electrons. The lowest BCUT2D eigenvalue weighted by Crippen LogP contribution is -2.39. The standard InChI is InChI=1S/C15H19N3O/c1-2-18(11-3-10-16)14(19)15(8-9-15)12-4-6-13(17)7-5-12/h4-7H,2-3,8-9,11,17H2,1H3. The third-order valence-electron chi connectivity index (χ3n) is 3.79. The number of carbonyl (C=O) groups is 1. The number of rotatable bonds is 5. The Morgan fingerprint density at radius 2 is 2.05 bits per heavy atom. The summed E-state index contributed by atoms with van der Waals surface area (Å²) in [6.45, 7) is 3.12. The molecule has 1 aliphatic carbocycles. The van der Waals surface area contributed by atoms with Crippen molar-refractivity contribution in [3.63, 3.8) is 0 Å². The highest BCUT2D eigenvalue weighted by Gasteiger charge is 2.52. The van der Waals surface area contributed by atoms with Crippen molar-refractivity contribution in [2.75, 3.05) is 18.8 Å². The van der Waals surface area contributed by atoms with E-state index < -0.39 is 0 Å². The first-order valence-electron chi connectivity index (χ1n) is 6.66. The lowest BCUT2D eigenvalue weighted by atomic mass is 9.94. The summed E-state index contributed by atoms with van der Waals surface area (Å²) >= 11 is 0.